The normalized spacial score (nSPS) is 15.9. The van der Waals surface area contributed by atoms with Crippen molar-refractivity contribution in [3.63, 3.8) is 0 Å². The molecule has 1 aliphatic carbocycles. The summed E-state index contributed by atoms with van der Waals surface area (Å²) in [4.78, 5) is 13.0. The second kappa shape index (κ2) is 8.13. The largest absolute Gasteiger partial charge is 0.383 e. The van der Waals surface area contributed by atoms with Crippen molar-refractivity contribution in [2.75, 3.05) is 11.1 Å². The number of aryl methyl sites for hydroxylation is 1. The first-order valence-electron chi connectivity index (χ1n) is 9.37. The van der Waals surface area contributed by atoms with Gasteiger partial charge in [0.2, 0.25) is 0 Å². The Hall–Kier alpha value is -2.83. The number of anilines is 2. The van der Waals surface area contributed by atoms with Crippen LogP contribution < -0.4 is 11.1 Å². The molecule has 154 valence electrons. The summed E-state index contributed by atoms with van der Waals surface area (Å²) in [6.07, 6.45) is 3.66. The maximum Gasteiger partial charge on any atom is 0.261 e. The van der Waals surface area contributed by atoms with E-state index in [-0.39, 0.29) is 16.8 Å². The van der Waals surface area contributed by atoms with Crippen LogP contribution in [-0.4, -0.2) is 15.7 Å². The van der Waals surface area contributed by atoms with Gasteiger partial charge in [0.05, 0.1) is 5.02 Å². The quantitative estimate of drug-likeness (QED) is 0.544. The van der Waals surface area contributed by atoms with E-state index >= 15 is 0 Å². The van der Waals surface area contributed by atoms with Crippen molar-refractivity contribution in [2.45, 2.75) is 18.8 Å². The lowest BCUT2D eigenvalue weighted by Gasteiger charge is -2.11. The zero-order valence-corrected chi connectivity index (χ0v) is 17.6. The summed E-state index contributed by atoms with van der Waals surface area (Å²) in [5.74, 6) is -0.436. The van der Waals surface area contributed by atoms with Gasteiger partial charge in [-0.15, -0.1) is 0 Å². The van der Waals surface area contributed by atoms with Crippen molar-refractivity contribution in [3.8, 4) is 0 Å². The number of allylic oxidation sites excluding steroid dienone is 2. The number of aromatic nitrogens is 2. The minimum atomic E-state index is -0.555. The number of benzene rings is 2. The number of carbonyl (C=O) groups is 1. The summed E-state index contributed by atoms with van der Waals surface area (Å²) in [5.41, 5.74) is 9.52. The molecule has 0 saturated heterocycles. The molecule has 1 heterocycles. The fraction of sp³-hybridized carbons (Fsp3) is 0.182. The van der Waals surface area contributed by atoms with Gasteiger partial charge in [0.1, 0.15) is 22.9 Å². The Morgan fingerprint density at radius 3 is 2.67 bits per heavy atom. The first kappa shape index (κ1) is 20.4. The molecule has 0 saturated carbocycles. The van der Waals surface area contributed by atoms with Gasteiger partial charge in [-0.3, -0.25) is 9.48 Å². The highest BCUT2D eigenvalue weighted by Crippen LogP contribution is 2.40. The van der Waals surface area contributed by atoms with Gasteiger partial charge < -0.3 is 11.1 Å². The van der Waals surface area contributed by atoms with Crippen LogP contribution in [0.15, 0.2) is 48.5 Å². The molecular formula is C22H19Cl2FN4O. The number of rotatable bonds is 4. The molecule has 1 aromatic heterocycles. The summed E-state index contributed by atoms with van der Waals surface area (Å²) in [7, 11) is 1.69. The summed E-state index contributed by atoms with van der Waals surface area (Å²) in [6.45, 7) is 0. The van der Waals surface area contributed by atoms with Crippen LogP contribution >= 0.6 is 23.2 Å². The zero-order valence-electron chi connectivity index (χ0n) is 16.1. The van der Waals surface area contributed by atoms with Crippen LogP contribution in [0.5, 0.6) is 0 Å². The fourth-order valence-electron chi connectivity index (χ4n) is 3.65. The van der Waals surface area contributed by atoms with E-state index in [1.54, 1.807) is 7.05 Å². The summed E-state index contributed by atoms with van der Waals surface area (Å²) in [5, 5.41) is 7.84. The van der Waals surface area contributed by atoms with E-state index in [1.165, 1.54) is 28.4 Å². The summed E-state index contributed by atoms with van der Waals surface area (Å²) >= 11 is 11.8. The number of nitrogens with two attached hydrogens (primary N) is 1. The van der Waals surface area contributed by atoms with E-state index in [2.05, 4.69) is 16.5 Å². The summed E-state index contributed by atoms with van der Waals surface area (Å²) in [6, 6.07) is 11.8. The monoisotopic (exact) mass is 444 g/mol. The Morgan fingerprint density at radius 2 is 1.97 bits per heavy atom. The Morgan fingerprint density at radius 1 is 1.23 bits per heavy atom. The second-order valence-electron chi connectivity index (χ2n) is 7.23. The average Bonchev–Trinajstić information content (AvgIpc) is 3.31. The average molecular weight is 445 g/mol. The van der Waals surface area contributed by atoms with E-state index in [4.69, 9.17) is 28.9 Å². The van der Waals surface area contributed by atoms with Gasteiger partial charge in [-0.25, -0.2) is 4.39 Å². The van der Waals surface area contributed by atoms with Crippen LogP contribution in [0.2, 0.25) is 10.0 Å². The standard InChI is InChI=1S/C22H19Cl2FN4O/c1-29-21(26)19(22(30)27-16-8-9-18(25)17(24)11-16)20(28-29)14-3-2-13(10-14)12-4-6-15(23)7-5-12/h3-9,11,13H,2,10,26H2,1H3,(H,27,30). The van der Waals surface area contributed by atoms with E-state index in [9.17, 15) is 9.18 Å². The van der Waals surface area contributed by atoms with Crippen LogP contribution in [0.4, 0.5) is 15.9 Å². The van der Waals surface area contributed by atoms with Gasteiger partial charge in [-0.2, -0.15) is 5.10 Å². The number of hydrogen-bond donors (Lipinski definition) is 2. The molecule has 0 radical (unpaired) electrons. The third kappa shape index (κ3) is 3.93. The Labute approximate surface area is 183 Å². The van der Waals surface area contributed by atoms with E-state index in [0.29, 0.717) is 22.0 Å². The van der Waals surface area contributed by atoms with E-state index < -0.39 is 11.7 Å². The van der Waals surface area contributed by atoms with E-state index in [0.717, 1.165) is 18.4 Å². The molecule has 1 aliphatic rings. The molecular weight excluding hydrogens is 426 g/mol. The number of carbonyl (C=O) groups excluding carboxylic acids is 1. The third-order valence-corrected chi connectivity index (χ3v) is 5.80. The molecule has 30 heavy (non-hydrogen) atoms. The predicted octanol–water partition coefficient (Wildman–Crippen LogP) is 5.66. The minimum absolute atomic E-state index is 0.0727. The van der Waals surface area contributed by atoms with Gasteiger partial charge in [0.15, 0.2) is 0 Å². The second-order valence-corrected chi connectivity index (χ2v) is 8.08. The first-order valence-corrected chi connectivity index (χ1v) is 10.1. The molecule has 1 unspecified atom stereocenters. The highest BCUT2D eigenvalue weighted by atomic mass is 35.5. The van der Waals surface area contributed by atoms with E-state index in [1.807, 2.05) is 24.3 Å². The number of halogens is 3. The molecule has 0 fully saturated rings. The molecule has 8 heteroatoms. The van der Waals surface area contributed by atoms with Crippen molar-refractivity contribution in [1.82, 2.24) is 9.78 Å². The molecule has 5 nitrogen and oxygen atoms in total. The van der Waals surface area contributed by atoms with Crippen LogP contribution in [0.3, 0.4) is 0 Å². The van der Waals surface area contributed by atoms with Crippen molar-refractivity contribution >= 4 is 46.2 Å². The minimum Gasteiger partial charge on any atom is -0.383 e. The number of nitrogens with zero attached hydrogens (tertiary/aromatic N) is 2. The molecule has 4 rings (SSSR count). The van der Waals surface area contributed by atoms with Crippen LogP contribution in [0.25, 0.3) is 5.57 Å². The fourth-order valence-corrected chi connectivity index (χ4v) is 3.96. The maximum absolute atomic E-state index is 13.4. The van der Waals surface area contributed by atoms with Crippen LogP contribution in [-0.2, 0) is 7.05 Å². The molecule has 1 amide bonds. The number of hydrogen-bond acceptors (Lipinski definition) is 3. The topological polar surface area (TPSA) is 72.9 Å². The number of amides is 1. The highest BCUT2D eigenvalue weighted by Gasteiger charge is 2.28. The Balaban J connectivity index is 1.59. The number of nitrogen functional groups attached to an aromatic ring is 1. The molecule has 3 aromatic rings. The van der Waals surface area contributed by atoms with Crippen molar-refractivity contribution in [2.24, 2.45) is 7.05 Å². The molecule has 3 N–H and O–H groups in total. The molecule has 0 bridgehead atoms. The van der Waals surface area contributed by atoms with Crippen LogP contribution in [0, 0.1) is 5.82 Å². The lowest BCUT2D eigenvalue weighted by atomic mass is 9.94. The predicted molar refractivity (Wildman–Crippen MR) is 118 cm³/mol. The molecule has 1 atom stereocenters. The highest BCUT2D eigenvalue weighted by molar-refractivity contribution is 6.31. The zero-order chi connectivity index (χ0) is 21.4. The Bertz CT molecular complexity index is 1150. The van der Waals surface area contributed by atoms with Gasteiger partial charge in [-0.1, -0.05) is 41.4 Å². The smallest absolute Gasteiger partial charge is 0.261 e. The lowest BCUT2D eigenvalue weighted by molar-refractivity contribution is 0.102. The van der Waals surface area contributed by atoms with Crippen molar-refractivity contribution in [3.05, 3.63) is 81.2 Å². The molecule has 0 aliphatic heterocycles. The van der Waals surface area contributed by atoms with Crippen molar-refractivity contribution in [1.29, 1.82) is 0 Å². The van der Waals surface area contributed by atoms with Gasteiger partial charge in [0.25, 0.3) is 5.91 Å². The maximum atomic E-state index is 13.4. The lowest BCUT2D eigenvalue weighted by Crippen LogP contribution is -2.15. The molecule has 0 spiro atoms. The van der Waals surface area contributed by atoms with Crippen LogP contribution in [0.1, 0.15) is 40.4 Å². The Kier molecular flexibility index (Phi) is 5.54. The first-order chi connectivity index (χ1) is 14.3. The van der Waals surface area contributed by atoms with Gasteiger partial charge in [0, 0.05) is 17.8 Å². The number of nitrogens with one attached hydrogen (secondary N) is 1. The third-order valence-electron chi connectivity index (χ3n) is 5.26. The molecule has 2 aromatic carbocycles. The SMILES string of the molecule is Cn1nc(C2=CCC(c3ccc(Cl)cc3)C2)c(C(=O)Nc2ccc(F)c(Cl)c2)c1N. The van der Waals surface area contributed by atoms with Crippen molar-refractivity contribution < 1.29 is 9.18 Å². The van der Waals surface area contributed by atoms with Gasteiger partial charge >= 0.3 is 0 Å². The van der Waals surface area contributed by atoms with Gasteiger partial charge in [-0.05, 0) is 60.2 Å². The summed E-state index contributed by atoms with van der Waals surface area (Å²) < 4.78 is 14.9.